The fraction of sp³-hybridized carbons (Fsp3) is 0.333. The van der Waals surface area contributed by atoms with Crippen molar-refractivity contribution >= 4 is 23.1 Å². The molecular weight excluding hydrogens is 224 g/mol. The zero-order valence-corrected chi connectivity index (χ0v) is 9.88. The standard InChI is InChI=1S/C12H14O3S/c1-8(16)3-2-4-9-5-6-11(13)10(7-9)12(14)15/h5-7,13H,2-4H2,1H3,(H,14,15). The van der Waals surface area contributed by atoms with Gasteiger partial charge in [-0.2, -0.15) is 0 Å². The molecule has 0 atom stereocenters. The van der Waals surface area contributed by atoms with Gasteiger partial charge in [-0.05, 0) is 48.7 Å². The topological polar surface area (TPSA) is 57.5 Å². The molecule has 0 spiro atoms. The Morgan fingerprint density at radius 3 is 2.69 bits per heavy atom. The van der Waals surface area contributed by atoms with E-state index in [0.29, 0.717) is 0 Å². The second-order valence-corrected chi connectivity index (χ2v) is 4.41. The van der Waals surface area contributed by atoms with E-state index in [1.165, 1.54) is 12.1 Å². The third kappa shape index (κ3) is 3.62. The van der Waals surface area contributed by atoms with Gasteiger partial charge in [-0.1, -0.05) is 18.3 Å². The van der Waals surface area contributed by atoms with E-state index < -0.39 is 5.97 Å². The van der Waals surface area contributed by atoms with Gasteiger partial charge in [0.05, 0.1) is 0 Å². The molecule has 0 heterocycles. The van der Waals surface area contributed by atoms with Crippen molar-refractivity contribution in [3.05, 3.63) is 29.3 Å². The first-order valence-corrected chi connectivity index (χ1v) is 5.46. The van der Waals surface area contributed by atoms with Gasteiger partial charge in [0, 0.05) is 0 Å². The van der Waals surface area contributed by atoms with Gasteiger partial charge in [-0.25, -0.2) is 4.79 Å². The Morgan fingerprint density at radius 1 is 1.44 bits per heavy atom. The second-order valence-electron chi connectivity index (χ2n) is 3.71. The highest BCUT2D eigenvalue weighted by Crippen LogP contribution is 2.19. The van der Waals surface area contributed by atoms with E-state index >= 15 is 0 Å². The van der Waals surface area contributed by atoms with Crippen molar-refractivity contribution in [2.45, 2.75) is 26.2 Å². The summed E-state index contributed by atoms with van der Waals surface area (Å²) in [4.78, 5) is 11.7. The average molecular weight is 238 g/mol. The SMILES string of the molecule is CC(=S)CCCc1ccc(O)c(C(=O)O)c1. The zero-order valence-electron chi connectivity index (χ0n) is 9.06. The molecule has 1 aromatic carbocycles. The highest BCUT2D eigenvalue weighted by molar-refractivity contribution is 7.80. The van der Waals surface area contributed by atoms with Gasteiger partial charge in [0.25, 0.3) is 0 Å². The van der Waals surface area contributed by atoms with Crippen molar-refractivity contribution in [2.24, 2.45) is 0 Å². The molecule has 0 amide bonds. The number of phenols is 1. The molecule has 0 fully saturated rings. The minimum Gasteiger partial charge on any atom is -0.507 e. The molecule has 0 aliphatic carbocycles. The van der Waals surface area contributed by atoms with Crippen molar-refractivity contribution < 1.29 is 15.0 Å². The largest absolute Gasteiger partial charge is 0.507 e. The van der Waals surface area contributed by atoms with Crippen LogP contribution >= 0.6 is 12.2 Å². The van der Waals surface area contributed by atoms with Crippen molar-refractivity contribution in [3.63, 3.8) is 0 Å². The molecule has 2 N–H and O–H groups in total. The lowest BCUT2D eigenvalue weighted by Crippen LogP contribution is -1.99. The first-order valence-electron chi connectivity index (χ1n) is 5.05. The van der Waals surface area contributed by atoms with Crippen LogP contribution in [0.2, 0.25) is 0 Å². The average Bonchev–Trinajstić information content (AvgIpc) is 2.19. The highest BCUT2D eigenvalue weighted by Gasteiger charge is 2.09. The highest BCUT2D eigenvalue weighted by atomic mass is 32.1. The summed E-state index contributed by atoms with van der Waals surface area (Å²) < 4.78 is 0. The third-order valence-corrected chi connectivity index (χ3v) is 2.49. The Morgan fingerprint density at radius 2 is 2.12 bits per heavy atom. The van der Waals surface area contributed by atoms with Crippen LogP contribution in [0, 0.1) is 0 Å². The number of hydrogen-bond acceptors (Lipinski definition) is 3. The van der Waals surface area contributed by atoms with E-state index in [1.54, 1.807) is 6.07 Å². The summed E-state index contributed by atoms with van der Waals surface area (Å²) in [6.07, 6.45) is 2.53. The van der Waals surface area contributed by atoms with Gasteiger partial charge >= 0.3 is 5.97 Å². The lowest BCUT2D eigenvalue weighted by atomic mass is 10.0. The Labute approximate surface area is 99.7 Å². The first-order chi connectivity index (χ1) is 7.50. The second kappa shape index (κ2) is 5.61. The number of thiocarbonyl (C=S) groups is 1. The van der Waals surface area contributed by atoms with E-state index in [-0.39, 0.29) is 11.3 Å². The van der Waals surface area contributed by atoms with E-state index in [9.17, 15) is 9.90 Å². The van der Waals surface area contributed by atoms with Crippen LogP contribution in [0.15, 0.2) is 18.2 Å². The fourth-order valence-electron chi connectivity index (χ4n) is 1.45. The van der Waals surface area contributed by atoms with Gasteiger partial charge in [-0.15, -0.1) is 0 Å². The molecule has 0 saturated carbocycles. The number of benzene rings is 1. The van der Waals surface area contributed by atoms with Crippen LogP contribution < -0.4 is 0 Å². The number of rotatable bonds is 5. The Hall–Kier alpha value is -1.42. The molecular formula is C12H14O3S. The number of hydrogen-bond donors (Lipinski definition) is 2. The number of aromatic carboxylic acids is 1. The lowest BCUT2D eigenvalue weighted by molar-refractivity contribution is 0.0693. The number of carboxylic acids is 1. The molecule has 1 aromatic rings. The molecule has 0 unspecified atom stereocenters. The summed E-state index contributed by atoms with van der Waals surface area (Å²) in [5.74, 6) is -1.30. The van der Waals surface area contributed by atoms with Crippen LogP contribution in [0.5, 0.6) is 5.75 Å². The minimum atomic E-state index is -1.11. The number of aryl methyl sites for hydroxylation is 1. The van der Waals surface area contributed by atoms with E-state index in [4.69, 9.17) is 17.3 Å². The molecule has 86 valence electrons. The maximum atomic E-state index is 10.8. The minimum absolute atomic E-state index is 0.0448. The van der Waals surface area contributed by atoms with E-state index in [2.05, 4.69) is 0 Å². The summed E-state index contributed by atoms with van der Waals surface area (Å²) in [5.41, 5.74) is 0.864. The molecule has 0 bridgehead atoms. The van der Waals surface area contributed by atoms with Gasteiger partial charge in [0.15, 0.2) is 0 Å². The molecule has 0 aliphatic heterocycles. The maximum Gasteiger partial charge on any atom is 0.339 e. The van der Waals surface area contributed by atoms with Crippen LogP contribution in [-0.2, 0) is 6.42 Å². The number of aromatic hydroxyl groups is 1. The van der Waals surface area contributed by atoms with Crippen LogP contribution in [0.4, 0.5) is 0 Å². The molecule has 0 aliphatic rings. The van der Waals surface area contributed by atoms with E-state index in [0.717, 1.165) is 29.7 Å². The quantitative estimate of drug-likeness (QED) is 0.774. The lowest BCUT2D eigenvalue weighted by Gasteiger charge is -2.04. The molecule has 0 saturated heterocycles. The summed E-state index contributed by atoms with van der Waals surface area (Å²) in [5, 5.41) is 18.1. The predicted molar refractivity (Wildman–Crippen MR) is 66.3 cm³/mol. The van der Waals surface area contributed by atoms with Gasteiger partial charge in [-0.3, -0.25) is 0 Å². The number of carboxylic acid groups (broad SMARTS) is 1. The van der Waals surface area contributed by atoms with Gasteiger partial charge < -0.3 is 10.2 Å². The van der Waals surface area contributed by atoms with Crippen LogP contribution in [0.3, 0.4) is 0 Å². The zero-order chi connectivity index (χ0) is 12.1. The van der Waals surface area contributed by atoms with Crippen LogP contribution in [-0.4, -0.2) is 21.0 Å². The van der Waals surface area contributed by atoms with Crippen molar-refractivity contribution in [2.75, 3.05) is 0 Å². The summed E-state index contributed by atoms with van der Waals surface area (Å²) in [6.45, 7) is 1.90. The first kappa shape index (κ1) is 12.6. The van der Waals surface area contributed by atoms with Crippen molar-refractivity contribution in [1.82, 2.24) is 0 Å². The van der Waals surface area contributed by atoms with Crippen molar-refractivity contribution in [3.8, 4) is 5.75 Å². The van der Waals surface area contributed by atoms with Gasteiger partial charge in [0.1, 0.15) is 11.3 Å². The fourth-order valence-corrected chi connectivity index (χ4v) is 1.60. The van der Waals surface area contributed by atoms with Gasteiger partial charge in [0.2, 0.25) is 0 Å². The molecule has 16 heavy (non-hydrogen) atoms. The Balaban J connectivity index is 2.71. The predicted octanol–water partition coefficient (Wildman–Crippen LogP) is 2.80. The summed E-state index contributed by atoms with van der Waals surface area (Å²) >= 11 is 4.96. The van der Waals surface area contributed by atoms with Crippen LogP contribution in [0.1, 0.15) is 35.7 Å². The molecule has 3 nitrogen and oxygen atoms in total. The monoisotopic (exact) mass is 238 g/mol. The Kier molecular flexibility index (Phi) is 4.43. The third-order valence-electron chi connectivity index (χ3n) is 2.29. The Bertz CT molecular complexity index is 413. The molecule has 0 aromatic heterocycles. The summed E-state index contributed by atoms with van der Waals surface area (Å²) in [6, 6.07) is 4.67. The van der Waals surface area contributed by atoms with E-state index in [1.807, 2.05) is 6.92 Å². The molecule has 1 rings (SSSR count). The number of carbonyl (C=O) groups is 1. The van der Waals surface area contributed by atoms with Crippen molar-refractivity contribution in [1.29, 1.82) is 0 Å². The smallest absolute Gasteiger partial charge is 0.339 e. The summed E-state index contributed by atoms with van der Waals surface area (Å²) in [7, 11) is 0. The van der Waals surface area contributed by atoms with Crippen LogP contribution in [0.25, 0.3) is 0 Å². The normalized spacial score (nSPS) is 10.1. The molecule has 0 radical (unpaired) electrons. The molecule has 4 heteroatoms. The maximum absolute atomic E-state index is 10.8.